The van der Waals surface area contributed by atoms with Gasteiger partial charge in [-0.15, -0.1) is 0 Å². The van der Waals surface area contributed by atoms with Crippen LogP contribution in [0.15, 0.2) is 18.2 Å². The van der Waals surface area contributed by atoms with Crippen molar-refractivity contribution in [2.45, 2.75) is 58.8 Å². The predicted molar refractivity (Wildman–Crippen MR) is 84.3 cm³/mol. The fourth-order valence-electron chi connectivity index (χ4n) is 2.28. The van der Waals surface area contributed by atoms with Gasteiger partial charge >= 0.3 is 0 Å². The Morgan fingerprint density at radius 3 is 2.45 bits per heavy atom. The third-order valence-electron chi connectivity index (χ3n) is 3.52. The summed E-state index contributed by atoms with van der Waals surface area (Å²) in [6.45, 7) is 5.04. The summed E-state index contributed by atoms with van der Waals surface area (Å²) in [7, 11) is 0. The summed E-state index contributed by atoms with van der Waals surface area (Å²) in [5.74, 6) is 0. The molecular formula is C16H26N2O2. The summed E-state index contributed by atoms with van der Waals surface area (Å²) >= 11 is 0. The number of hydrogen-bond acceptors (Lipinski definition) is 3. The third kappa shape index (κ3) is 5.59. The van der Waals surface area contributed by atoms with Crippen LogP contribution in [-0.4, -0.2) is 11.5 Å². The molecule has 1 aromatic rings. The van der Waals surface area contributed by atoms with Gasteiger partial charge in [0.25, 0.3) is 5.69 Å². The number of aryl methyl sites for hydroxylation is 1. The standard InChI is InChI=1S/C16H26N2O2/c1-3-5-6-7-8-9-12-17-15-11-10-14(4-2)16(13-15)18(19)20/h10-11,13,17H,3-9,12H2,1-2H3. The topological polar surface area (TPSA) is 55.2 Å². The zero-order valence-electron chi connectivity index (χ0n) is 12.7. The van der Waals surface area contributed by atoms with Crippen LogP contribution in [0.4, 0.5) is 11.4 Å². The molecule has 0 amide bonds. The van der Waals surface area contributed by atoms with Crippen LogP contribution in [0.3, 0.4) is 0 Å². The first-order valence-electron chi connectivity index (χ1n) is 7.70. The molecule has 1 rings (SSSR count). The maximum Gasteiger partial charge on any atom is 0.274 e. The smallest absolute Gasteiger partial charge is 0.274 e. The van der Waals surface area contributed by atoms with E-state index in [1.807, 2.05) is 19.1 Å². The van der Waals surface area contributed by atoms with Crippen LogP contribution in [0.25, 0.3) is 0 Å². The van der Waals surface area contributed by atoms with Crippen LogP contribution in [-0.2, 0) is 6.42 Å². The molecule has 0 saturated carbocycles. The molecular weight excluding hydrogens is 252 g/mol. The molecule has 0 aliphatic carbocycles. The Morgan fingerprint density at radius 2 is 1.80 bits per heavy atom. The predicted octanol–water partition coefficient (Wildman–Crippen LogP) is 4.93. The molecule has 4 heteroatoms. The molecule has 0 aliphatic rings. The van der Waals surface area contributed by atoms with Crippen LogP contribution in [0.1, 0.15) is 57.9 Å². The number of nitro groups is 1. The van der Waals surface area contributed by atoms with Gasteiger partial charge in [0.05, 0.1) is 4.92 Å². The van der Waals surface area contributed by atoms with Gasteiger partial charge in [0, 0.05) is 23.9 Å². The van der Waals surface area contributed by atoms with Crippen molar-refractivity contribution in [3.63, 3.8) is 0 Å². The zero-order chi connectivity index (χ0) is 14.8. The van der Waals surface area contributed by atoms with Crippen LogP contribution >= 0.6 is 0 Å². The average molecular weight is 278 g/mol. The summed E-state index contributed by atoms with van der Waals surface area (Å²) in [6, 6.07) is 5.43. The van der Waals surface area contributed by atoms with E-state index in [2.05, 4.69) is 12.2 Å². The van der Waals surface area contributed by atoms with E-state index in [9.17, 15) is 10.1 Å². The number of hydrogen-bond donors (Lipinski definition) is 1. The maximum absolute atomic E-state index is 11.0. The molecule has 1 aromatic carbocycles. The minimum absolute atomic E-state index is 0.223. The lowest BCUT2D eigenvalue weighted by Gasteiger charge is -2.08. The molecule has 20 heavy (non-hydrogen) atoms. The van der Waals surface area contributed by atoms with Gasteiger partial charge < -0.3 is 5.32 Å². The van der Waals surface area contributed by atoms with E-state index in [-0.39, 0.29) is 10.6 Å². The van der Waals surface area contributed by atoms with E-state index < -0.39 is 0 Å². The molecule has 0 aliphatic heterocycles. The first-order chi connectivity index (χ1) is 9.69. The highest BCUT2D eigenvalue weighted by Gasteiger charge is 2.12. The van der Waals surface area contributed by atoms with Gasteiger partial charge in [-0.2, -0.15) is 0 Å². The van der Waals surface area contributed by atoms with Crippen LogP contribution < -0.4 is 5.32 Å². The molecule has 0 heterocycles. The Kier molecular flexibility index (Phi) is 7.70. The number of nitrogens with zero attached hydrogens (tertiary/aromatic N) is 1. The largest absolute Gasteiger partial charge is 0.385 e. The summed E-state index contributed by atoms with van der Waals surface area (Å²) in [5.41, 5.74) is 1.86. The number of nitro benzene ring substituents is 1. The average Bonchev–Trinajstić information content (AvgIpc) is 2.46. The van der Waals surface area contributed by atoms with E-state index in [4.69, 9.17) is 0 Å². The Morgan fingerprint density at radius 1 is 1.10 bits per heavy atom. The van der Waals surface area contributed by atoms with Crippen molar-refractivity contribution in [3.05, 3.63) is 33.9 Å². The molecule has 0 radical (unpaired) electrons. The van der Waals surface area contributed by atoms with Crippen molar-refractivity contribution in [2.24, 2.45) is 0 Å². The van der Waals surface area contributed by atoms with E-state index >= 15 is 0 Å². The van der Waals surface area contributed by atoms with Crippen molar-refractivity contribution in [1.82, 2.24) is 0 Å². The number of anilines is 1. The van der Waals surface area contributed by atoms with Crippen LogP contribution in [0, 0.1) is 10.1 Å². The second-order valence-electron chi connectivity index (χ2n) is 5.15. The van der Waals surface area contributed by atoms with Crippen molar-refractivity contribution in [1.29, 1.82) is 0 Å². The molecule has 0 aromatic heterocycles. The van der Waals surface area contributed by atoms with Crippen LogP contribution in [0.2, 0.25) is 0 Å². The molecule has 0 unspecified atom stereocenters. The SMILES string of the molecule is CCCCCCCCNc1ccc(CC)c([N+](=O)[O-])c1. The molecule has 112 valence electrons. The molecule has 0 bridgehead atoms. The summed E-state index contributed by atoms with van der Waals surface area (Å²) < 4.78 is 0. The zero-order valence-corrected chi connectivity index (χ0v) is 12.7. The highest BCUT2D eigenvalue weighted by atomic mass is 16.6. The molecule has 0 atom stereocenters. The van der Waals surface area contributed by atoms with E-state index in [1.165, 1.54) is 32.1 Å². The fourth-order valence-corrected chi connectivity index (χ4v) is 2.28. The molecule has 0 fully saturated rings. The highest BCUT2D eigenvalue weighted by molar-refractivity contribution is 5.55. The van der Waals surface area contributed by atoms with Gasteiger partial charge in [-0.1, -0.05) is 52.0 Å². The fraction of sp³-hybridized carbons (Fsp3) is 0.625. The first-order valence-corrected chi connectivity index (χ1v) is 7.70. The van der Waals surface area contributed by atoms with Crippen molar-refractivity contribution in [2.75, 3.05) is 11.9 Å². The Labute approximate surface area is 121 Å². The van der Waals surface area contributed by atoms with Crippen molar-refractivity contribution < 1.29 is 4.92 Å². The van der Waals surface area contributed by atoms with E-state index in [1.54, 1.807) is 6.07 Å². The maximum atomic E-state index is 11.0. The quantitative estimate of drug-likeness (QED) is 0.375. The third-order valence-corrected chi connectivity index (χ3v) is 3.52. The van der Waals surface area contributed by atoms with E-state index in [0.29, 0.717) is 6.42 Å². The van der Waals surface area contributed by atoms with E-state index in [0.717, 1.165) is 24.2 Å². The molecule has 4 nitrogen and oxygen atoms in total. The molecule has 0 spiro atoms. The van der Waals surface area contributed by atoms with Crippen molar-refractivity contribution in [3.8, 4) is 0 Å². The van der Waals surface area contributed by atoms with Gasteiger partial charge in [-0.3, -0.25) is 10.1 Å². The minimum Gasteiger partial charge on any atom is -0.385 e. The van der Waals surface area contributed by atoms with Gasteiger partial charge in [-0.25, -0.2) is 0 Å². The number of nitrogens with one attached hydrogen (secondary N) is 1. The Hall–Kier alpha value is -1.58. The van der Waals surface area contributed by atoms with Gasteiger partial charge in [0.1, 0.15) is 0 Å². The first kappa shape index (κ1) is 16.5. The Bertz CT molecular complexity index is 419. The number of unbranched alkanes of at least 4 members (excludes halogenated alkanes) is 5. The summed E-state index contributed by atoms with van der Waals surface area (Å²) in [5, 5.41) is 14.3. The summed E-state index contributed by atoms with van der Waals surface area (Å²) in [4.78, 5) is 10.7. The van der Waals surface area contributed by atoms with Crippen molar-refractivity contribution >= 4 is 11.4 Å². The minimum atomic E-state index is -0.297. The highest BCUT2D eigenvalue weighted by Crippen LogP contribution is 2.23. The number of rotatable bonds is 10. The van der Waals surface area contributed by atoms with Gasteiger partial charge in [-0.05, 0) is 18.9 Å². The summed E-state index contributed by atoms with van der Waals surface area (Å²) in [6.07, 6.45) is 8.21. The second-order valence-corrected chi connectivity index (χ2v) is 5.15. The van der Waals surface area contributed by atoms with Gasteiger partial charge in [0.15, 0.2) is 0 Å². The lowest BCUT2D eigenvalue weighted by Crippen LogP contribution is -2.03. The second kappa shape index (κ2) is 9.34. The lowest BCUT2D eigenvalue weighted by molar-refractivity contribution is -0.385. The monoisotopic (exact) mass is 278 g/mol. The number of benzene rings is 1. The Balaban J connectivity index is 2.37. The molecule has 0 saturated heterocycles. The molecule has 1 N–H and O–H groups in total. The van der Waals surface area contributed by atoms with Gasteiger partial charge in [0.2, 0.25) is 0 Å². The lowest BCUT2D eigenvalue weighted by atomic mass is 10.1. The normalized spacial score (nSPS) is 10.5. The van der Waals surface area contributed by atoms with Crippen LogP contribution in [0.5, 0.6) is 0 Å².